The van der Waals surface area contributed by atoms with Gasteiger partial charge in [0.15, 0.2) is 5.65 Å². The largest absolute Gasteiger partial charge is 0.349 e. The quantitative estimate of drug-likeness (QED) is 0.788. The van der Waals surface area contributed by atoms with Gasteiger partial charge in [-0.1, -0.05) is 29.3 Å². The van der Waals surface area contributed by atoms with Crippen molar-refractivity contribution in [2.24, 2.45) is 0 Å². The van der Waals surface area contributed by atoms with Gasteiger partial charge in [-0.05, 0) is 31.0 Å². The van der Waals surface area contributed by atoms with Crippen molar-refractivity contribution in [3.05, 3.63) is 52.3 Å². The van der Waals surface area contributed by atoms with E-state index in [-0.39, 0.29) is 11.9 Å². The van der Waals surface area contributed by atoms with Crippen LogP contribution < -0.4 is 5.32 Å². The Hall–Kier alpha value is -2.11. The van der Waals surface area contributed by atoms with E-state index < -0.39 is 0 Å². The highest BCUT2D eigenvalue weighted by atomic mass is 35.5. The molecule has 1 saturated carbocycles. The maximum absolute atomic E-state index is 12.3. The van der Waals surface area contributed by atoms with Crippen LogP contribution in [0.1, 0.15) is 23.2 Å². The van der Waals surface area contributed by atoms with Crippen LogP contribution in [0.25, 0.3) is 16.9 Å². The van der Waals surface area contributed by atoms with E-state index in [0.29, 0.717) is 21.3 Å². The monoisotopic (exact) mass is 346 g/mol. The van der Waals surface area contributed by atoms with Crippen LogP contribution in [0.5, 0.6) is 0 Å². The molecule has 1 fully saturated rings. The third-order valence-electron chi connectivity index (χ3n) is 3.77. The second-order valence-electron chi connectivity index (χ2n) is 5.50. The fourth-order valence-electron chi connectivity index (χ4n) is 2.42. The Balaban J connectivity index is 1.80. The highest BCUT2D eigenvalue weighted by molar-refractivity contribution is 6.42. The van der Waals surface area contributed by atoms with Crippen LogP contribution in [-0.2, 0) is 0 Å². The molecule has 5 nitrogen and oxygen atoms in total. The van der Waals surface area contributed by atoms with Gasteiger partial charge in [-0.2, -0.15) is 5.10 Å². The molecule has 0 unspecified atom stereocenters. The smallest absolute Gasteiger partial charge is 0.256 e. The number of benzene rings is 1. The Morgan fingerprint density at radius 3 is 2.78 bits per heavy atom. The minimum Gasteiger partial charge on any atom is -0.349 e. The zero-order valence-electron chi connectivity index (χ0n) is 12.0. The van der Waals surface area contributed by atoms with Crippen LogP contribution in [0.15, 0.2) is 36.7 Å². The van der Waals surface area contributed by atoms with Crippen LogP contribution >= 0.6 is 23.2 Å². The maximum Gasteiger partial charge on any atom is 0.256 e. The average Bonchev–Trinajstić information content (AvgIpc) is 3.24. The van der Waals surface area contributed by atoms with Crippen LogP contribution in [0.2, 0.25) is 10.0 Å². The molecule has 2 aromatic heterocycles. The summed E-state index contributed by atoms with van der Waals surface area (Å²) in [4.78, 5) is 16.6. The summed E-state index contributed by atoms with van der Waals surface area (Å²) in [5, 5.41) is 8.22. The molecule has 1 aliphatic rings. The lowest BCUT2D eigenvalue weighted by atomic mass is 10.1. The normalized spacial score (nSPS) is 14.2. The maximum atomic E-state index is 12.3. The van der Waals surface area contributed by atoms with E-state index in [1.165, 1.54) is 0 Å². The molecule has 0 bridgehead atoms. The van der Waals surface area contributed by atoms with Crippen LogP contribution in [-0.4, -0.2) is 26.5 Å². The fourth-order valence-corrected chi connectivity index (χ4v) is 2.71. The SMILES string of the molecule is O=C(NC1CC1)c1cnn2c(-c3ccc(Cl)c(Cl)c3)ccnc12. The second kappa shape index (κ2) is 5.51. The molecule has 0 aliphatic heterocycles. The molecule has 0 spiro atoms. The fraction of sp³-hybridized carbons (Fsp3) is 0.188. The molecule has 7 heteroatoms. The number of aromatic nitrogens is 3. The average molecular weight is 347 g/mol. The van der Waals surface area contributed by atoms with Gasteiger partial charge in [-0.15, -0.1) is 0 Å². The van der Waals surface area contributed by atoms with Crippen molar-refractivity contribution in [1.29, 1.82) is 0 Å². The molecule has 1 amide bonds. The van der Waals surface area contributed by atoms with Gasteiger partial charge in [-0.25, -0.2) is 9.50 Å². The molecule has 3 aromatic rings. The van der Waals surface area contributed by atoms with Gasteiger partial charge in [0.1, 0.15) is 5.56 Å². The number of carbonyl (C=O) groups is 1. The molecule has 23 heavy (non-hydrogen) atoms. The number of hydrogen-bond donors (Lipinski definition) is 1. The summed E-state index contributed by atoms with van der Waals surface area (Å²) >= 11 is 12.1. The first-order chi connectivity index (χ1) is 11.1. The van der Waals surface area contributed by atoms with Crippen LogP contribution in [0.3, 0.4) is 0 Å². The summed E-state index contributed by atoms with van der Waals surface area (Å²) in [6.45, 7) is 0. The van der Waals surface area contributed by atoms with E-state index in [2.05, 4.69) is 15.4 Å². The second-order valence-corrected chi connectivity index (χ2v) is 6.31. The van der Waals surface area contributed by atoms with Crippen molar-refractivity contribution < 1.29 is 4.79 Å². The lowest BCUT2D eigenvalue weighted by Crippen LogP contribution is -2.25. The molecule has 1 N–H and O–H groups in total. The summed E-state index contributed by atoms with van der Waals surface area (Å²) in [6.07, 6.45) is 5.27. The Morgan fingerprint density at radius 2 is 2.04 bits per heavy atom. The van der Waals surface area contributed by atoms with Gasteiger partial charge in [0, 0.05) is 17.8 Å². The molecule has 1 aliphatic carbocycles. The summed E-state index contributed by atoms with van der Waals surface area (Å²) in [5.41, 5.74) is 2.63. The van der Waals surface area contributed by atoms with Gasteiger partial charge in [-0.3, -0.25) is 4.79 Å². The predicted octanol–water partition coefficient (Wildman–Crippen LogP) is 3.60. The van der Waals surface area contributed by atoms with E-state index in [9.17, 15) is 4.79 Å². The summed E-state index contributed by atoms with van der Waals surface area (Å²) in [6, 6.07) is 7.47. The zero-order valence-corrected chi connectivity index (χ0v) is 13.5. The molecular weight excluding hydrogens is 335 g/mol. The lowest BCUT2D eigenvalue weighted by Gasteiger charge is -2.06. The molecule has 0 saturated heterocycles. The Morgan fingerprint density at radius 1 is 1.22 bits per heavy atom. The molecule has 2 heterocycles. The number of amides is 1. The van der Waals surface area contributed by atoms with E-state index >= 15 is 0 Å². The molecule has 0 radical (unpaired) electrons. The molecule has 1 aromatic carbocycles. The van der Waals surface area contributed by atoms with Gasteiger partial charge in [0.2, 0.25) is 0 Å². The highest BCUT2D eigenvalue weighted by Crippen LogP contribution is 2.29. The third kappa shape index (κ3) is 2.66. The Bertz CT molecular complexity index is 918. The van der Waals surface area contributed by atoms with Crippen molar-refractivity contribution in [3.63, 3.8) is 0 Å². The molecule has 116 valence electrons. The van der Waals surface area contributed by atoms with Crippen molar-refractivity contribution in [2.45, 2.75) is 18.9 Å². The van der Waals surface area contributed by atoms with Crippen molar-refractivity contribution in [2.75, 3.05) is 0 Å². The van der Waals surface area contributed by atoms with E-state index in [4.69, 9.17) is 23.2 Å². The third-order valence-corrected chi connectivity index (χ3v) is 4.51. The number of nitrogens with zero attached hydrogens (tertiary/aromatic N) is 3. The van der Waals surface area contributed by atoms with E-state index in [1.54, 1.807) is 29.0 Å². The van der Waals surface area contributed by atoms with Gasteiger partial charge in [0.05, 0.1) is 21.9 Å². The number of halogens is 2. The van der Waals surface area contributed by atoms with Crippen molar-refractivity contribution >= 4 is 34.8 Å². The summed E-state index contributed by atoms with van der Waals surface area (Å²) in [7, 11) is 0. The minimum atomic E-state index is -0.138. The number of nitrogens with one attached hydrogen (secondary N) is 1. The minimum absolute atomic E-state index is 0.138. The number of carbonyl (C=O) groups excluding carboxylic acids is 1. The standard InChI is InChI=1S/C16H12Cl2N4O/c17-12-4-1-9(7-13(12)18)14-5-6-19-15-11(8-20-22(14)15)16(23)21-10-2-3-10/h1,4-8,10H,2-3H2,(H,21,23). The molecular formula is C16H12Cl2N4O. The molecule has 4 rings (SSSR count). The first-order valence-corrected chi connectivity index (χ1v) is 7.98. The first-order valence-electron chi connectivity index (χ1n) is 7.22. The number of fused-ring (bicyclic) bond motifs is 1. The Labute approximate surface area is 142 Å². The molecule has 0 atom stereocenters. The van der Waals surface area contributed by atoms with Crippen molar-refractivity contribution in [3.8, 4) is 11.3 Å². The number of rotatable bonds is 3. The van der Waals surface area contributed by atoms with Crippen LogP contribution in [0.4, 0.5) is 0 Å². The predicted molar refractivity (Wildman–Crippen MR) is 88.9 cm³/mol. The van der Waals surface area contributed by atoms with Crippen LogP contribution in [0, 0.1) is 0 Å². The van der Waals surface area contributed by atoms with Gasteiger partial charge >= 0.3 is 0 Å². The summed E-state index contributed by atoms with van der Waals surface area (Å²) < 4.78 is 1.64. The Kier molecular flexibility index (Phi) is 3.47. The zero-order chi connectivity index (χ0) is 16.0. The van der Waals surface area contributed by atoms with Gasteiger partial charge < -0.3 is 5.32 Å². The highest BCUT2D eigenvalue weighted by Gasteiger charge is 2.25. The van der Waals surface area contributed by atoms with Gasteiger partial charge in [0.25, 0.3) is 5.91 Å². The first kappa shape index (κ1) is 14.5. The summed E-state index contributed by atoms with van der Waals surface area (Å²) in [5.74, 6) is -0.138. The number of hydrogen-bond acceptors (Lipinski definition) is 3. The lowest BCUT2D eigenvalue weighted by molar-refractivity contribution is 0.0952. The van der Waals surface area contributed by atoms with E-state index in [0.717, 1.165) is 24.1 Å². The topological polar surface area (TPSA) is 59.3 Å². The van der Waals surface area contributed by atoms with E-state index in [1.807, 2.05) is 12.1 Å². The van der Waals surface area contributed by atoms with Crippen molar-refractivity contribution in [1.82, 2.24) is 19.9 Å².